The quantitative estimate of drug-likeness (QED) is 0.754. The van der Waals surface area contributed by atoms with E-state index in [9.17, 15) is 14.4 Å². The normalized spacial score (nSPS) is 14.7. The molecule has 2 heterocycles. The van der Waals surface area contributed by atoms with Crippen molar-refractivity contribution in [1.82, 2.24) is 10.2 Å². The van der Waals surface area contributed by atoms with Crippen LogP contribution < -0.4 is 5.32 Å². The summed E-state index contributed by atoms with van der Waals surface area (Å²) in [4.78, 5) is 41.0. The van der Waals surface area contributed by atoms with E-state index in [1.807, 2.05) is 43.0 Å². The van der Waals surface area contributed by atoms with Crippen molar-refractivity contribution in [2.24, 2.45) is 0 Å². The largest absolute Gasteiger partial charge is 0.349 e. The minimum Gasteiger partial charge on any atom is -0.349 e. The monoisotopic (exact) mass is 398 g/mol. The molecule has 5 nitrogen and oxygen atoms in total. The highest BCUT2D eigenvalue weighted by Crippen LogP contribution is 2.22. The second kappa shape index (κ2) is 9.15. The highest BCUT2D eigenvalue weighted by atomic mass is 32.1. The highest BCUT2D eigenvalue weighted by Gasteiger charge is 2.24. The first kappa shape index (κ1) is 20.3. The van der Waals surface area contributed by atoms with E-state index in [4.69, 9.17) is 0 Å². The van der Waals surface area contributed by atoms with E-state index in [1.165, 1.54) is 0 Å². The van der Waals surface area contributed by atoms with Crippen molar-refractivity contribution in [1.29, 1.82) is 0 Å². The van der Waals surface area contributed by atoms with Crippen LogP contribution in [0.1, 0.15) is 56.2 Å². The number of Topliss-reactive ketones (excluding diaryl/α,β-unsaturated/α-hetero) is 1. The standard InChI is InChI=1S/C22H26N2O3S/c1-15-14-19(16(2)28-15)20(25)8-9-21(26)24-12-10-18(11-13-24)23-22(27)17-6-4-3-5-7-17/h3-7,14,18H,8-13H2,1-2H3,(H,23,27). The Bertz CT molecular complexity index is 852. The second-order valence-electron chi connectivity index (χ2n) is 7.24. The van der Waals surface area contributed by atoms with Gasteiger partial charge in [-0.15, -0.1) is 11.3 Å². The summed E-state index contributed by atoms with van der Waals surface area (Å²) in [6, 6.07) is 11.1. The van der Waals surface area contributed by atoms with Gasteiger partial charge in [0.1, 0.15) is 0 Å². The van der Waals surface area contributed by atoms with Crippen LogP contribution in [0.3, 0.4) is 0 Å². The lowest BCUT2D eigenvalue weighted by molar-refractivity contribution is -0.132. The molecule has 1 aromatic carbocycles. The molecule has 6 heteroatoms. The third-order valence-corrected chi connectivity index (χ3v) is 6.09. The maximum absolute atomic E-state index is 12.5. The average molecular weight is 399 g/mol. The molecule has 1 N–H and O–H groups in total. The van der Waals surface area contributed by atoms with Gasteiger partial charge in [-0.3, -0.25) is 14.4 Å². The molecule has 0 saturated carbocycles. The van der Waals surface area contributed by atoms with Gasteiger partial charge in [0.2, 0.25) is 5.91 Å². The first-order valence-electron chi connectivity index (χ1n) is 9.68. The van der Waals surface area contributed by atoms with Gasteiger partial charge >= 0.3 is 0 Å². The van der Waals surface area contributed by atoms with Gasteiger partial charge in [-0.25, -0.2) is 0 Å². The molecule has 1 saturated heterocycles. The zero-order chi connectivity index (χ0) is 20.1. The van der Waals surface area contributed by atoms with E-state index in [-0.39, 0.29) is 36.5 Å². The molecule has 28 heavy (non-hydrogen) atoms. The number of carbonyl (C=O) groups excluding carboxylic acids is 3. The summed E-state index contributed by atoms with van der Waals surface area (Å²) in [5.74, 6) is -0.0107. The van der Waals surface area contributed by atoms with Crippen molar-refractivity contribution in [3.63, 3.8) is 0 Å². The summed E-state index contributed by atoms with van der Waals surface area (Å²) in [5.41, 5.74) is 1.40. The molecule has 2 amide bonds. The topological polar surface area (TPSA) is 66.5 Å². The minimum atomic E-state index is -0.0719. The molecule has 1 aromatic heterocycles. The number of ketones is 1. The Morgan fingerprint density at radius 2 is 1.75 bits per heavy atom. The first-order valence-corrected chi connectivity index (χ1v) is 10.5. The van der Waals surface area contributed by atoms with Crippen LogP contribution in [0.4, 0.5) is 0 Å². The van der Waals surface area contributed by atoms with Crippen LogP contribution in [0.5, 0.6) is 0 Å². The number of hydrogen-bond donors (Lipinski definition) is 1. The number of amides is 2. The predicted molar refractivity (Wildman–Crippen MR) is 111 cm³/mol. The molecule has 0 spiro atoms. The SMILES string of the molecule is Cc1cc(C(=O)CCC(=O)N2CCC(NC(=O)c3ccccc3)CC2)c(C)s1. The number of nitrogens with zero attached hydrogens (tertiary/aromatic N) is 1. The lowest BCUT2D eigenvalue weighted by atomic mass is 10.0. The van der Waals surface area contributed by atoms with Gasteiger partial charge in [0.15, 0.2) is 5.78 Å². The van der Waals surface area contributed by atoms with Crippen LogP contribution in [0.15, 0.2) is 36.4 Å². The number of hydrogen-bond acceptors (Lipinski definition) is 4. The Labute approximate surface area is 169 Å². The van der Waals surface area contributed by atoms with Gasteiger partial charge in [-0.05, 0) is 44.9 Å². The number of rotatable bonds is 6. The molecule has 0 aliphatic carbocycles. The van der Waals surface area contributed by atoms with Crippen molar-refractivity contribution in [3.05, 3.63) is 57.3 Å². The molecule has 148 valence electrons. The molecular weight excluding hydrogens is 372 g/mol. The van der Waals surface area contributed by atoms with Gasteiger partial charge in [-0.1, -0.05) is 18.2 Å². The van der Waals surface area contributed by atoms with Crippen LogP contribution in [-0.4, -0.2) is 41.6 Å². The van der Waals surface area contributed by atoms with Crippen LogP contribution in [0.2, 0.25) is 0 Å². The maximum Gasteiger partial charge on any atom is 0.251 e. The third-order valence-electron chi connectivity index (χ3n) is 5.13. The fourth-order valence-corrected chi connectivity index (χ4v) is 4.49. The summed E-state index contributed by atoms with van der Waals surface area (Å²) >= 11 is 1.61. The summed E-state index contributed by atoms with van der Waals surface area (Å²) in [5, 5.41) is 3.05. The summed E-state index contributed by atoms with van der Waals surface area (Å²) in [6.45, 7) is 5.16. The molecule has 2 aromatic rings. The van der Waals surface area contributed by atoms with Crippen molar-refractivity contribution in [3.8, 4) is 0 Å². The Morgan fingerprint density at radius 1 is 1.07 bits per heavy atom. The zero-order valence-electron chi connectivity index (χ0n) is 16.4. The van der Waals surface area contributed by atoms with E-state index in [0.29, 0.717) is 18.7 Å². The molecule has 3 rings (SSSR count). The van der Waals surface area contributed by atoms with E-state index in [2.05, 4.69) is 5.32 Å². The van der Waals surface area contributed by atoms with Crippen molar-refractivity contribution >= 4 is 28.9 Å². The van der Waals surface area contributed by atoms with Gasteiger partial charge in [-0.2, -0.15) is 0 Å². The van der Waals surface area contributed by atoms with Gasteiger partial charge in [0.25, 0.3) is 5.91 Å². The summed E-state index contributed by atoms with van der Waals surface area (Å²) in [7, 11) is 0. The Kier molecular flexibility index (Phi) is 6.62. The number of carbonyl (C=O) groups is 3. The number of likely N-dealkylation sites (tertiary alicyclic amines) is 1. The Hall–Kier alpha value is -2.47. The number of thiophene rings is 1. The molecule has 1 aliphatic rings. The fraction of sp³-hybridized carbons (Fsp3) is 0.409. The molecule has 0 bridgehead atoms. The van der Waals surface area contributed by atoms with Crippen LogP contribution in [0, 0.1) is 13.8 Å². The van der Waals surface area contributed by atoms with Crippen molar-refractivity contribution in [2.75, 3.05) is 13.1 Å². The Balaban J connectivity index is 1.43. The first-order chi connectivity index (χ1) is 13.4. The lowest BCUT2D eigenvalue weighted by Crippen LogP contribution is -2.46. The van der Waals surface area contributed by atoms with E-state index in [1.54, 1.807) is 23.5 Å². The number of aryl methyl sites for hydroxylation is 2. The van der Waals surface area contributed by atoms with E-state index < -0.39 is 0 Å². The minimum absolute atomic E-state index is 0.0193. The zero-order valence-corrected chi connectivity index (χ0v) is 17.2. The maximum atomic E-state index is 12.5. The molecule has 0 unspecified atom stereocenters. The van der Waals surface area contributed by atoms with E-state index in [0.717, 1.165) is 28.2 Å². The number of piperidine rings is 1. The lowest BCUT2D eigenvalue weighted by Gasteiger charge is -2.32. The fourth-order valence-electron chi connectivity index (χ4n) is 3.55. The second-order valence-corrected chi connectivity index (χ2v) is 8.71. The molecular formula is C22H26N2O3S. The van der Waals surface area contributed by atoms with Crippen LogP contribution in [0.25, 0.3) is 0 Å². The van der Waals surface area contributed by atoms with Gasteiger partial charge < -0.3 is 10.2 Å². The van der Waals surface area contributed by atoms with Crippen LogP contribution >= 0.6 is 11.3 Å². The third kappa shape index (κ3) is 5.07. The number of benzene rings is 1. The number of nitrogens with one attached hydrogen (secondary N) is 1. The van der Waals surface area contributed by atoms with Gasteiger partial charge in [0, 0.05) is 52.9 Å². The van der Waals surface area contributed by atoms with E-state index >= 15 is 0 Å². The van der Waals surface area contributed by atoms with Crippen LogP contribution in [-0.2, 0) is 4.79 Å². The smallest absolute Gasteiger partial charge is 0.251 e. The van der Waals surface area contributed by atoms with Crippen molar-refractivity contribution in [2.45, 2.75) is 45.6 Å². The highest BCUT2D eigenvalue weighted by molar-refractivity contribution is 7.12. The van der Waals surface area contributed by atoms with Gasteiger partial charge in [0.05, 0.1) is 0 Å². The Morgan fingerprint density at radius 3 is 2.36 bits per heavy atom. The summed E-state index contributed by atoms with van der Waals surface area (Å²) in [6.07, 6.45) is 1.97. The molecule has 0 atom stereocenters. The molecule has 1 aliphatic heterocycles. The summed E-state index contributed by atoms with van der Waals surface area (Å²) < 4.78 is 0. The molecule has 0 radical (unpaired) electrons. The van der Waals surface area contributed by atoms with Crippen molar-refractivity contribution < 1.29 is 14.4 Å². The average Bonchev–Trinajstić information content (AvgIpc) is 3.05. The predicted octanol–water partition coefficient (Wildman–Crippen LogP) is 3.75. The molecule has 1 fully saturated rings.